The Labute approximate surface area is 234 Å². The fraction of sp³-hybridized carbons (Fsp3) is 0.536. The van der Waals surface area contributed by atoms with Gasteiger partial charge in [0.1, 0.15) is 18.1 Å². The highest BCUT2D eigenvalue weighted by Gasteiger charge is 2.49. The van der Waals surface area contributed by atoms with Gasteiger partial charge in [0.05, 0.1) is 6.07 Å². The van der Waals surface area contributed by atoms with E-state index in [2.05, 4.69) is 10.3 Å². The molecule has 1 unspecified atom stereocenters. The van der Waals surface area contributed by atoms with Crippen molar-refractivity contribution in [2.45, 2.75) is 71.8 Å². The van der Waals surface area contributed by atoms with Crippen molar-refractivity contribution in [3.63, 3.8) is 0 Å². The summed E-state index contributed by atoms with van der Waals surface area (Å²) in [6, 6.07) is -0.0786. The van der Waals surface area contributed by atoms with Gasteiger partial charge in [-0.2, -0.15) is 18.4 Å². The Morgan fingerprint density at radius 3 is 2.32 bits per heavy atom. The molecule has 0 bridgehead atoms. The van der Waals surface area contributed by atoms with Gasteiger partial charge in [-0.05, 0) is 41.5 Å². The maximum atomic E-state index is 14.4. The van der Waals surface area contributed by atoms with Crippen LogP contribution in [0.15, 0.2) is 24.5 Å². The summed E-state index contributed by atoms with van der Waals surface area (Å²) in [6.45, 7) is 8.34. The number of nitrogens with zero attached hydrogens (tertiary/aromatic N) is 3. The summed E-state index contributed by atoms with van der Waals surface area (Å²) >= 11 is 0. The number of benzene rings is 1. The average Bonchev–Trinajstić information content (AvgIpc) is 3.28. The highest BCUT2D eigenvalue weighted by atomic mass is 19.4. The number of nitrogens with one attached hydrogen (secondary N) is 2. The summed E-state index contributed by atoms with van der Waals surface area (Å²) in [5.41, 5.74) is -1.04. The maximum Gasteiger partial charge on any atom is 0.471 e. The quantitative estimate of drug-likeness (QED) is 0.466. The number of fused-ring (bicyclic) bond motifs is 1. The molecule has 4 atom stereocenters. The van der Waals surface area contributed by atoms with E-state index in [-0.39, 0.29) is 28.8 Å². The van der Waals surface area contributed by atoms with Crippen LogP contribution in [0.1, 0.15) is 59.1 Å². The molecule has 3 amide bonds. The van der Waals surface area contributed by atoms with Gasteiger partial charge in [-0.15, -0.1) is 0 Å². The third-order valence-corrected chi connectivity index (χ3v) is 7.08. The first-order valence-electron chi connectivity index (χ1n) is 13.1. The van der Waals surface area contributed by atoms with Crippen molar-refractivity contribution in [2.75, 3.05) is 6.54 Å². The van der Waals surface area contributed by atoms with Gasteiger partial charge >= 0.3 is 12.1 Å². The van der Waals surface area contributed by atoms with Gasteiger partial charge in [0, 0.05) is 29.9 Å². The van der Waals surface area contributed by atoms with Crippen LogP contribution in [0.25, 0.3) is 10.8 Å². The van der Waals surface area contributed by atoms with Gasteiger partial charge in [0.2, 0.25) is 11.8 Å². The number of amides is 3. The minimum Gasteiger partial charge on any atom is -0.336 e. The van der Waals surface area contributed by atoms with E-state index in [1.807, 2.05) is 19.9 Å². The summed E-state index contributed by atoms with van der Waals surface area (Å²) in [5.74, 6) is -6.46. The Balaban J connectivity index is 1.98. The lowest BCUT2D eigenvalue weighted by Gasteiger charge is -2.36. The molecule has 222 valence electrons. The van der Waals surface area contributed by atoms with Gasteiger partial charge in [0.25, 0.3) is 0 Å². The van der Waals surface area contributed by atoms with Crippen molar-refractivity contribution >= 4 is 28.5 Å². The molecule has 1 saturated heterocycles. The van der Waals surface area contributed by atoms with Crippen molar-refractivity contribution in [3.8, 4) is 6.07 Å². The number of hydrogen-bond donors (Lipinski definition) is 2. The molecule has 1 aliphatic heterocycles. The normalized spacial score (nSPS) is 19.1. The minimum absolute atomic E-state index is 0.0420. The van der Waals surface area contributed by atoms with Crippen molar-refractivity contribution in [2.24, 2.45) is 17.3 Å². The SMILES string of the molecule is CC(C)C[C@H]1CCN(C(=O)[C@@H](NC(=O)C(F)(F)F)C(C)(C)C)[C@@H]1C(=O)NC(C#N)c1cncc2c(F)c(F)ccc12. The molecule has 1 aliphatic rings. The van der Waals surface area contributed by atoms with Crippen LogP contribution in [0.4, 0.5) is 22.0 Å². The fourth-order valence-corrected chi connectivity index (χ4v) is 5.18. The van der Waals surface area contributed by atoms with Gasteiger partial charge in [0.15, 0.2) is 11.6 Å². The van der Waals surface area contributed by atoms with Crippen LogP contribution in [0.2, 0.25) is 0 Å². The number of likely N-dealkylation sites (tertiary alicyclic amines) is 1. The van der Waals surface area contributed by atoms with Crippen LogP contribution >= 0.6 is 0 Å². The van der Waals surface area contributed by atoms with Crippen molar-refractivity contribution < 1.29 is 36.3 Å². The molecule has 2 aromatic rings. The van der Waals surface area contributed by atoms with E-state index in [1.54, 1.807) is 5.32 Å². The Kier molecular flexibility index (Phi) is 9.25. The Morgan fingerprint density at radius 2 is 1.76 bits per heavy atom. The van der Waals surface area contributed by atoms with E-state index in [1.165, 1.54) is 33.0 Å². The number of hydrogen-bond acceptors (Lipinski definition) is 5. The Morgan fingerprint density at radius 1 is 1.10 bits per heavy atom. The van der Waals surface area contributed by atoms with Crippen LogP contribution in [0, 0.1) is 40.2 Å². The molecule has 0 aliphatic carbocycles. The lowest BCUT2D eigenvalue weighted by molar-refractivity contribution is -0.176. The van der Waals surface area contributed by atoms with E-state index in [0.717, 1.165) is 17.2 Å². The zero-order valence-electron chi connectivity index (χ0n) is 23.3. The smallest absolute Gasteiger partial charge is 0.336 e. The molecule has 13 heteroatoms. The first-order chi connectivity index (χ1) is 19.0. The van der Waals surface area contributed by atoms with Gasteiger partial charge in [-0.3, -0.25) is 19.4 Å². The second kappa shape index (κ2) is 12.0. The lowest BCUT2D eigenvalue weighted by Crippen LogP contribution is -2.60. The predicted octanol–water partition coefficient (Wildman–Crippen LogP) is 4.55. The highest BCUT2D eigenvalue weighted by Crippen LogP contribution is 2.34. The lowest BCUT2D eigenvalue weighted by atomic mass is 9.85. The molecule has 41 heavy (non-hydrogen) atoms. The van der Waals surface area contributed by atoms with E-state index in [4.69, 9.17) is 0 Å². The predicted molar refractivity (Wildman–Crippen MR) is 139 cm³/mol. The second-order valence-electron chi connectivity index (χ2n) is 11.7. The summed E-state index contributed by atoms with van der Waals surface area (Å²) < 4.78 is 67.4. The third-order valence-electron chi connectivity index (χ3n) is 7.08. The summed E-state index contributed by atoms with van der Waals surface area (Å²) in [7, 11) is 0. The zero-order valence-corrected chi connectivity index (χ0v) is 23.3. The summed E-state index contributed by atoms with van der Waals surface area (Å²) in [4.78, 5) is 44.2. The molecule has 3 rings (SSSR count). The van der Waals surface area contributed by atoms with Crippen LogP contribution in [-0.2, 0) is 14.4 Å². The summed E-state index contributed by atoms with van der Waals surface area (Å²) in [5, 5.41) is 14.2. The zero-order chi connectivity index (χ0) is 30.9. The van der Waals surface area contributed by atoms with Gasteiger partial charge in [-0.1, -0.05) is 40.7 Å². The number of alkyl halides is 3. The van der Waals surface area contributed by atoms with Crippen molar-refractivity contribution in [1.82, 2.24) is 20.5 Å². The van der Waals surface area contributed by atoms with Crippen LogP contribution < -0.4 is 10.6 Å². The van der Waals surface area contributed by atoms with E-state index in [0.29, 0.717) is 12.8 Å². The van der Waals surface area contributed by atoms with E-state index < -0.39 is 65.0 Å². The van der Waals surface area contributed by atoms with Crippen LogP contribution in [-0.4, -0.2) is 52.4 Å². The topological polar surface area (TPSA) is 115 Å². The molecular formula is C28H32F5N5O3. The molecule has 8 nitrogen and oxygen atoms in total. The standard InChI is InChI=1S/C28H32F5N5O3/c1-14(2)10-15-8-9-38(25(40)23(27(3,4)5)37-26(41)28(31,32)33)22(15)24(39)36-20(11-34)17-12-35-13-18-16(17)6-7-19(29)21(18)30/h6-7,12-15,20,22-23H,8-10H2,1-5H3,(H,36,39)(H,37,41)/t15-,20?,22+,23-/m1/s1. The molecular weight excluding hydrogens is 549 g/mol. The van der Waals surface area contributed by atoms with Crippen molar-refractivity contribution in [1.29, 1.82) is 5.26 Å². The number of halogens is 5. The number of carbonyl (C=O) groups is 3. The van der Waals surface area contributed by atoms with E-state index in [9.17, 15) is 41.6 Å². The fourth-order valence-electron chi connectivity index (χ4n) is 5.18. The van der Waals surface area contributed by atoms with E-state index >= 15 is 0 Å². The number of carbonyl (C=O) groups excluding carboxylic acids is 3. The number of pyridine rings is 1. The van der Waals surface area contributed by atoms with Gasteiger partial charge < -0.3 is 15.5 Å². The molecule has 0 radical (unpaired) electrons. The summed E-state index contributed by atoms with van der Waals surface area (Å²) in [6.07, 6.45) is -2.04. The molecule has 2 heterocycles. The Bertz CT molecular complexity index is 1370. The molecule has 0 spiro atoms. The first-order valence-corrected chi connectivity index (χ1v) is 13.1. The third kappa shape index (κ3) is 6.92. The Hall–Kier alpha value is -3.82. The maximum absolute atomic E-state index is 14.4. The van der Waals surface area contributed by atoms with Crippen LogP contribution in [0.5, 0.6) is 0 Å². The molecule has 2 N–H and O–H groups in total. The molecule has 1 fully saturated rings. The molecule has 1 aromatic heterocycles. The second-order valence-corrected chi connectivity index (χ2v) is 11.7. The number of nitriles is 1. The first kappa shape index (κ1) is 31.7. The minimum atomic E-state index is -5.22. The number of rotatable bonds is 7. The van der Waals surface area contributed by atoms with Gasteiger partial charge in [-0.25, -0.2) is 8.78 Å². The monoisotopic (exact) mass is 581 g/mol. The molecule has 0 saturated carbocycles. The number of aromatic nitrogens is 1. The van der Waals surface area contributed by atoms with Crippen LogP contribution in [0.3, 0.4) is 0 Å². The average molecular weight is 582 g/mol. The largest absolute Gasteiger partial charge is 0.471 e. The molecule has 1 aromatic carbocycles. The highest BCUT2D eigenvalue weighted by molar-refractivity contribution is 5.94. The van der Waals surface area contributed by atoms with Crippen molar-refractivity contribution in [3.05, 3.63) is 41.7 Å².